The third kappa shape index (κ3) is 3.19. The van der Waals surface area contributed by atoms with Gasteiger partial charge in [-0.1, -0.05) is 0 Å². The lowest BCUT2D eigenvalue weighted by Gasteiger charge is -2.38. The molecule has 1 fully saturated rings. The number of ketones is 1. The molecule has 0 aliphatic carbocycles. The van der Waals surface area contributed by atoms with Gasteiger partial charge in [0, 0.05) is 43.4 Å². The Balaban J connectivity index is 1.49. The number of aromatic nitrogens is 1. The van der Waals surface area contributed by atoms with E-state index in [1.54, 1.807) is 24.5 Å². The Morgan fingerprint density at radius 1 is 1.23 bits per heavy atom. The number of ether oxygens (including phenoxy) is 1. The molecule has 26 heavy (non-hydrogen) atoms. The van der Waals surface area contributed by atoms with Crippen molar-refractivity contribution in [3.63, 3.8) is 0 Å². The number of fused-ring (bicyclic) bond motifs is 1. The summed E-state index contributed by atoms with van der Waals surface area (Å²) in [6.07, 6.45) is 4.91. The molecule has 4 rings (SSSR count). The summed E-state index contributed by atoms with van der Waals surface area (Å²) < 4.78 is 19.4. The number of nitrogens with zero attached hydrogens (tertiary/aromatic N) is 2. The van der Waals surface area contributed by atoms with Crippen molar-refractivity contribution < 1.29 is 18.7 Å². The second kappa shape index (κ2) is 6.86. The van der Waals surface area contributed by atoms with Crippen molar-refractivity contribution in [2.24, 2.45) is 5.92 Å². The molecule has 1 aromatic heterocycles. The molecule has 0 bridgehead atoms. The van der Waals surface area contributed by atoms with Gasteiger partial charge in [0.05, 0.1) is 5.56 Å². The number of Topliss-reactive ketones (excluding diaryl/α,β-unsaturated/α-hetero) is 1. The van der Waals surface area contributed by atoms with E-state index < -0.39 is 5.82 Å². The summed E-state index contributed by atoms with van der Waals surface area (Å²) in [5, 5.41) is 0. The molecular weight excluding hydrogens is 335 g/mol. The lowest BCUT2D eigenvalue weighted by Crippen LogP contribution is -2.46. The van der Waals surface area contributed by atoms with Crippen molar-refractivity contribution >= 4 is 11.7 Å². The van der Waals surface area contributed by atoms with Crippen molar-refractivity contribution in [3.8, 4) is 5.75 Å². The first kappa shape index (κ1) is 16.7. The van der Waals surface area contributed by atoms with Crippen molar-refractivity contribution in [3.05, 3.63) is 59.7 Å². The molecule has 134 valence electrons. The standard InChI is InChI=1S/C20H19FN2O3/c21-15-3-4-18-16(10-15)17(24)11-19(26-18)14-2-1-9-23(12-14)20(25)13-5-7-22-8-6-13/h3-8,10,14,19H,1-2,9,11-12H2/t14-,19-/m1/s1. The Morgan fingerprint density at radius 2 is 2.04 bits per heavy atom. The molecule has 0 saturated carbocycles. The molecular formula is C20H19FN2O3. The number of hydrogen-bond acceptors (Lipinski definition) is 4. The average Bonchev–Trinajstić information content (AvgIpc) is 2.68. The molecule has 3 heterocycles. The second-order valence-electron chi connectivity index (χ2n) is 6.81. The predicted octanol–water partition coefficient (Wildman–Crippen LogP) is 3.11. The van der Waals surface area contributed by atoms with Gasteiger partial charge < -0.3 is 9.64 Å². The average molecular weight is 354 g/mol. The van der Waals surface area contributed by atoms with Gasteiger partial charge in [-0.2, -0.15) is 0 Å². The van der Waals surface area contributed by atoms with Gasteiger partial charge in [0.25, 0.3) is 5.91 Å². The number of rotatable bonds is 2. The maximum Gasteiger partial charge on any atom is 0.253 e. The molecule has 6 heteroatoms. The monoisotopic (exact) mass is 354 g/mol. The Hall–Kier alpha value is -2.76. The van der Waals surface area contributed by atoms with E-state index in [1.807, 2.05) is 4.90 Å². The van der Waals surface area contributed by atoms with Crippen LogP contribution >= 0.6 is 0 Å². The van der Waals surface area contributed by atoms with Crippen LogP contribution in [0.25, 0.3) is 0 Å². The smallest absolute Gasteiger partial charge is 0.253 e. The fraction of sp³-hybridized carbons (Fsp3) is 0.350. The highest BCUT2D eigenvalue weighted by Gasteiger charge is 2.36. The fourth-order valence-electron chi connectivity index (χ4n) is 3.76. The summed E-state index contributed by atoms with van der Waals surface area (Å²) in [7, 11) is 0. The van der Waals surface area contributed by atoms with Gasteiger partial charge in [0.2, 0.25) is 0 Å². The number of piperidine rings is 1. The van der Waals surface area contributed by atoms with Crippen LogP contribution in [-0.4, -0.2) is 40.8 Å². The first-order valence-corrected chi connectivity index (χ1v) is 8.80. The molecule has 2 aliphatic rings. The van der Waals surface area contributed by atoms with Gasteiger partial charge in [0.15, 0.2) is 5.78 Å². The van der Waals surface area contributed by atoms with Crippen LogP contribution < -0.4 is 4.74 Å². The number of carbonyl (C=O) groups is 2. The Bertz CT molecular complexity index is 840. The topological polar surface area (TPSA) is 59.5 Å². The normalized spacial score (nSPS) is 22.5. The predicted molar refractivity (Wildman–Crippen MR) is 92.6 cm³/mol. The Morgan fingerprint density at radius 3 is 2.85 bits per heavy atom. The van der Waals surface area contributed by atoms with E-state index in [1.165, 1.54) is 18.2 Å². The zero-order valence-electron chi connectivity index (χ0n) is 14.2. The third-order valence-corrected chi connectivity index (χ3v) is 5.11. The van der Waals surface area contributed by atoms with Crippen molar-refractivity contribution in [2.45, 2.75) is 25.4 Å². The minimum atomic E-state index is -0.439. The maximum atomic E-state index is 13.4. The molecule has 5 nitrogen and oxygen atoms in total. The van der Waals surface area contributed by atoms with Crippen LogP contribution in [0.5, 0.6) is 5.75 Å². The maximum absolute atomic E-state index is 13.4. The summed E-state index contributed by atoms with van der Waals surface area (Å²) in [5.41, 5.74) is 0.920. The van der Waals surface area contributed by atoms with Crippen LogP contribution in [0.1, 0.15) is 40.0 Å². The van der Waals surface area contributed by atoms with E-state index in [4.69, 9.17) is 4.74 Å². The van der Waals surface area contributed by atoms with Gasteiger partial charge in [-0.25, -0.2) is 4.39 Å². The van der Waals surface area contributed by atoms with E-state index in [0.29, 0.717) is 30.0 Å². The van der Waals surface area contributed by atoms with Crippen LogP contribution in [0.15, 0.2) is 42.7 Å². The quantitative estimate of drug-likeness (QED) is 0.831. The molecule has 0 unspecified atom stereocenters. The van der Waals surface area contributed by atoms with Crippen molar-refractivity contribution in [1.82, 2.24) is 9.88 Å². The lowest BCUT2D eigenvalue weighted by molar-refractivity contribution is 0.0408. The highest BCUT2D eigenvalue weighted by atomic mass is 19.1. The minimum absolute atomic E-state index is 0.0262. The highest BCUT2D eigenvalue weighted by molar-refractivity contribution is 6.00. The summed E-state index contributed by atoms with van der Waals surface area (Å²) >= 11 is 0. The van der Waals surface area contributed by atoms with Crippen LogP contribution in [0.4, 0.5) is 4.39 Å². The van der Waals surface area contributed by atoms with Crippen LogP contribution in [0.3, 0.4) is 0 Å². The lowest BCUT2D eigenvalue weighted by atomic mass is 9.86. The largest absolute Gasteiger partial charge is 0.489 e. The van der Waals surface area contributed by atoms with Gasteiger partial charge in [-0.15, -0.1) is 0 Å². The van der Waals surface area contributed by atoms with E-state index in [-0.39, 0.29) is 30.1 Å². The van der Waals surface area contributed by atoms with Crippen molar-refractivity contribution in [2.75, 3.05) is 13.1 Å². The molecule has 0 spiro atoms. The molecule has 2 atom stereocenters. The van der Waals surface area contributed by atoms with Crippen LogP contribution in [0, 0.1) is 11.7 Å². The molecule has 0 radical (unpaired) electrons. The van der Waals surface area contributed by atoms with E-state index >= 15 is 0 Å². The number of carbonyl (C=O) groups excluding carboxylic acids is 2. The Labute approximate surface area is 150 Å². The first-order chi connectivity index (χ1) is 12.6. The zero-order valence-corrected chi connectivity index (χ0v) is 14.2. The fourth-order valence-corrected chi connectivity index (χ4v) is 3.76. The van der Waals surface area contributed by atoms with Crippen molar-refractivity contribution in [1.29, 1.82) is 0 Å². The van der Waals surface area contributed by atoms with E-state index in [2.05, 4.69) is 4.98 Å². The number of hydrogen-bond donors (Lipinski definition) is 0. The summed E-state index contributed by atoms with van der Waals surface area (Å²) in [5.74, 6) is -0.0529. The number of amides is 1. The molecule has 0 N–H and O–H groups in total. The minimum Gasteiger partial charge on any atom is -0.489 e. The summed E-state index contributed by atoms with van der Waals surface area (Å²) in [6.45, 7) is 1.25. The van der Waals surface area contributed by atoms with Gasteiger partial charge in [-0.05, 0) is 43.2 Å². The molecule has 1 saturated heterocycles. The van der Waals surface area contributed by atoms with Gasteiger partial charge in [0.1, 0.15) is 17.7 Å². The number of likely N-dealkylation sites (tertiary alicyclic amines) is 1. The third-order valence-electron chi connectivity index (χ3n) is 5.11. The molecule has 2 aromatic rings. The number of benzene rings is 1. The highest BCUT2D eigenvalue weighted by Crippen LogP contribution is 2.34. The van der Waals surface area contributed by atoms with Gasteiger partial charge in [-0.3, -0.25) is 14.6 Å². The van der Waals surface area contributed by atoms with Crippen LogP contribution in [-0.2, 0) is 0 Å². The Kier molecular flexibility index (Phi) is 4.41. The van der Waals surface area contributed by atoms with E-state index in [9.17, 15) is 14.0 Å². The zero-order chi connectivity index (χ0) is 18.1. The molecule has 2 aliphatic heterocycles. The summed E-state index contributed by atoms with van der Waals surface area (Å²) in [4.78, 5) is 30.8. The summed E-state index contributed by atoms with van der Waals surface area (Å²) in [6, 6.07) is 7.45. The number of pyridine rings is 1. The second-order valence-corrected chi connectivity index (χ2v) is 6.81. The molecule has 1 aromatic carbocycles. The number of halogens is 1. The van der Waals surface area contributed by atoms with Gasteiger partial charge >= 0.3 is 0 Å². The SMILES string of the molecule is O=C1C[C@H]([C@@H]2CCCN(C(=O)c3ccncc3)C2)Oc2ccc(F)cc21. The molecule has 1 amide bonds. The first-order valence-electron chi connectivity index (χ1n) is 8.80. The van der Waals surface area contributed by atoms with E-state index in [0.717, 1.165) is 12.8 Å². The van der Waals surface area contributed by atoms with Crippen LogP contribution in [0.2, 0.25) is 0 Å².